The SMILES string of the molecule is CCCCN(C)c1ccc(NC(=O)c2ccc(F)c(F)c2)nc1. The molecule has 1 aromatic carbocycles. The Morgan fingerprint density at radius 1 is 1.22 bits per heavy atom. The van der Waals surface area contributed by atoms with E-state index in [4.69, 9.17) is 0 Å². The summed E-state index contributed by atoms with van der Waals surface area (Å²) in [5, 5.41) is 2.56. The van der Waals surface area contributed by atoms with Gasteiger partial charge in [-0.15, -0.1) is 0 Å². The third-order valence-corrected chi connectivity index (χ3v) is 3.46. The minimum absolute atomic E-state index is 0.0369. The fourth-order valence-corrected chi connectivity index (χ4v) is 2.04. The molecule has 4 nitrogen and oxygen atoms in total. The Kier molecular flexibility index (Phi) is 5.62. The van der Waals surface area contributed by atoms with Gasteiger partial charge in [0.25, 0.3) is 5.91 Å². The Bertz CT molecular complexity index is 674. The number of aromatic nitrogens is 1. The average Bonchev–Trinajstić information content (AvgIpc) is 2.55. The number of anilines is 2. The van der Waals surface area contributed by atoms with Gasteiger partial charge in [0.15, 0.2) is 11.6 Å². The van der Waals surface area contributed by atoms with Crippen LogP contribution in [0.15, 0.2) is 36.5 Å². The topological polar surface area (TPSA) is 45.2 Å². The summed E-state index contributed by atoms with van der Waals surface area (Å²) in [6.45, 7) is 3.06. The highest BCUT2D eigenvalue weighted by molar-refractivity contribution is 6.03. The van der Waals surface area contributed by atoms with Crippen LogP contribution in [0.25, 0.3) is 0 Å². The highest BCUT2D eigenvalue weighted by Gasteiger charge is 2.10. The Balaban J connectivity index is 2.02. The number of carbonyl (C=O) groups is 1. The van der Waals surface area contributed by atoms with Crippen LogP contribution in [0.3, 0.4) is 0 Å². The first-order valence-corrected chi connectivity index (χ1v) is 7.45. The first kappa shape index (κ1) is 16.9. The van der Waals surface area contributed by atoms with E-state index in [-0.39, 0.29) is 5.56 Å². The molecule has 0 aliphatic carbocycles. The third-order valence-electron chi connectivity index (χ3n) is 3.46. The van der Waals surface area contributed by atoms with E-state index >= 15 is 0 Å². The van der Waals surface area contributed by atoms with Gasteiger partial charge in [0, 0.05) is 19.2 Å². The van der Waals surface area contributed by atoms with Gasteiger partial charge in [-0.05, 0) is 36.8 Å². The number of hydrogen-bond donors (Lipinski definition) is 1. The van der Waals surface area contributed by atoms with E-state index in [0.717, 1.165) is 37.2 Å². The summed E-state index contributed by atoms with van der Waals surface area (Å²) < 4.78 is 26.0. The lowest BCUT2D eigenvalue weighted by Crippen LogP contribution is -2.19. The van der Waals surface area contributed by atoms with Crippen molar-refractivity contribution in [2.24, 2.45) is 0 Å². The van der Waals surface area contributed by atoms with E-state index in [1.54, 1.807) is 12.3 Å². The van der Waals surface area contributed by atoms with Crippen LogP contribution in [0, 0.1) is 11.6 Å². The van der Waals surface area contributed by atoms with Crippen molar-refractivity contribution >= 4 is 17.4 Å². The van der Waals surface area contributed by atoms with E-state index in [2.05, 4.69) is 22.1 Å². The summed E-state index contributed by atoms with van der Waals surface area (Å²) in [5.41, 5.74) is 0.985. The monoisotopic (exact) mass is 319 g/mol. The number of halogens is 2. The Hall–Kier alpha value is -2.50. The van der Waals surface area contributed by atoms with Gasteiger partial charge in [0.1, 0.15) is 5.82 Å². The number of pyridine rings is 1. The van der Waals surface area contributed by atoms with Gasteiger partial charge in [-0.2, -0.15) is 0 Å². The second-order valence-corrected chi connectivity index (χ2v) is 5.26. The van der Waals surface area contributed by atoms with Crippen molar-refractivity contribution in [3.8, 4) is 0 Å². The van der Waals surface area contributed by atoms with Crippen molar-refractivity contribution < 1.29 is 13.6 Å². The van der Waals surface area contributed by atoms with Gasteiger partial charge < -0.3 is 10.2 Å². The highest BCUT2D eigenvalue weighted by atomic mass is 19.2. The normalized spacial score (nSPS) is 10.4. The minimum atomic E-state index is -1.06. The molecular formula is C17H19F2N3O. The summed E-state index contributed by atoms with van der Waals surface area (Å²) >= 11 is 0. The first-order valence-electron chi connectivity index (χ1n) is 7.45. The molecule has 0 spiro atoms. The maximum atomic E-state index is 13.1. The number of benzene rings is 1. The second-order valence-electron chi connectivity index (χ2n) is 5.26. The van der Waals surface area contributed by atoms with Crippen LogP contribution >= 0.6 is 0 Å². The highest BCUT2D eigenvalue weighted by Crippen LogP contribution is 2.15. The molecule has 1 heterocycles. The van der Waals surface area contributed by atoms with Crippen LogP contribution in [-0.4, -0.2) is 24.5 Å². The molecule has 2 aromatic rings. The minimum Gasteiger partial charge on any atom is -0.373 e. The standard InChI is InChI=1S/C17H19F2N3O/c1-3-4-9-22(2)13-6-8-16(20-11-13)21-17(23)12-5-7-14(18)15(19)10-12/h5-8,10-11H,3-4,9H2,1-2H3,(H,20,21,23). The molecule has 122 valence electrons. The summed E-state index contributed by atoms with van der Waals surface area (Å²) in [6, 6.07) is 6.53. The number of unbranched alkanes of at least 4 members (excludes halogenated alkanes) is 1. The van der Waals surface area contributed by atoms with Crippen molar-refractivity contribution in [3.05, 3.63) is 53.7 Å². The molecule has 0 atom stereocenters. The zero-order chi connectivity index (χ0) is 16.8. The van der Waals surface area contributed by atoms with Crippen molar-refractivity contribution in [2.75, 3.05) is 23.8 Å². The van der Waals surface area contributed by atoms with E-state index in [0.29, 0.717) is 5.82 Å². The lowest BCUT2D eigenvalue weighted by Gasteiger charge is -2.18. The van der Waals surface area contributed by atoms with Gasteiger partial charge in [-0.25, -0.2) is 13.8 Å². The zero-order valence-electron chi connectivity index (χ0n) is 13.1. The van der Waals surface area contributed by atoms with Crippen LogP contribution in [0.5, 0.6) is 0 Å². The summed E-state index contributed by atoms with van der Waals surface area (Å²) in [5.74, 6) is -2.23. The molecule has 1 amide bonds. The number of hydrogen-bond acceptors (Lipinski definition) is 3. The van der Waals surface area contributed by atoms with Crippen molar-refractivity contribution in [1.29, 1.82) is 0 Å². The maximum absolute atomic E-state index is 13.1. The molecule has 0 aliphatic rings. The Labute approximate surface area is 134 Å². The van der Waals surface area contributed by atoms with Crippen molar-refractivity contribution in [2.45, 2.75) is 19.8 Å². The van der Waals surface area contributed by atoms with Gasteiger partial charge in [0.2, 0.25) is 0 Å². The fourth-order valence-electron chi connectivity index (χ4n) is 2.04. The second kappa shape index (κ2) is 7.67. The van der Waals surface area contributed by atoms with Crippen LogP contribution in [0.2, 0.25) is 0 Å². The predicted octanol–water partition coefficient (Wildman–Crippen LogP) is 3.85. The molecule has 1 N–H and O–H groups in total. The van der Waals surface area contributed by atoms with Crippen LogP contribution in [-0.2, 0) is 0 Å². The Morgan fingerprint density at radius 3 is 2.61 bits per heavy atom. The van der Waals surface area contributed by atoms with Crippen LogP contribution in [0.1, 0.15) is 30.1 Å². The van der Waals surface area contributed by atoms with Gasteiger partial charge in [-0.1, -0.05) is 13.3 Å². The molecule has 0 unspecified atom stereocenters. The summed E-state index contributed by atoms with van der Waals surface area (Å²) in [7, 11) is 1.98. The third kappa shape index (κ3) is 4.48. The Morgan fingerprint density at radius 2 is 2.00 bits per heavy atom. The van der Waals surface area contributed by atoms with E-state index in [1.165, 1.54) is 6.07 Å². The van der Waals surface area contributed by atoms with Gasteiger partial charge >= 0.3 is 0 Å². The molecule has 0 fully saturated rings. The smallest absolute Gasteiger partial charge is 0.256 e. The van der Waals surface area contributed by atoms with E-state index in [9.17, 15) is 13.6 Å². The zero-order valence-corrected chi connectivity index (χ0v) is 13.1. The molecule has 6 heteroatoms. The molecule has 0 bridgehead atoms. The van der Waals surface area contributed by atoms with Crippen LogP contribution < -0.4 is 10.2 Å². The number of nitrogens with zero attached hydrogens (tertiary/aromatic N) is 2. The molecule has 1 aromatic heterocycles. The number of carbonyl (C=O) groups excluding carboxylic acids is 1. The van der Waals surface area contributed by atoms with Gasteiger partial charge in [-0.3, -0.25) is 4.79 Å². The number of rotatable bonds is 6. The lowest BCUT2D eigenvalue weighted by atomic mass is 10.2. The molecule has 0 radical (unpaired) electrons. The predicted molar refractivity (Wildman–Crippen MR) is 86.7 cm³/mol. The van der Waals surface area contributed by atoms with E-state index in [1.807, 2.05) is 13.1 Å². The van der Waals surface area contributed by atoms with E-state index < -0.39 is 17.5 Å². The lowest BCUT2D eigenvalue weighted by molar-refractivity contribution is 0.102. The molecule has 2 rings (SSSR count). The molecule has 23 heavy (non-hydrogen) atoms. The fraction of sp³-hybridized carbons (Fsp3) is 0.294. The number of amides is 1. The van der Waals surface area contributed by atoms with Crippen molar-refractivity contribution in [3.63, 3.8) is 0 Å². The molecule has 0 aliphatic heterocycles. The average molecular weight is 319 g/mol. The van der Waals surface area contributed by atoms with Crippen molar-refractivity contribution in [1.82, 2.24) is 4.98 Å². The van der Waals surface area contributed by atoms with Gasteiger partial charge in [0.05, 0.1) is 11.9 Å². The largest absolute Gasteiger partial charge is 0.373 e. The number of nitrogens with one attached hydrogen (secondary N) is 1. The maximum Gasteiger partial charge on any atom is 0.256 e. The molecule has 0 saturated heterocycles. The van der Waals surface area contributed by atoms with Crippen LogP contribution in [0.4, 0.5) is 20.3 Å². The summed E-state index contributed by atoms with van der Waals surface area (Å²) in [4.78, 5) is 18.2. The molecule has 0 saturated carbocycles. The summed E-state index contributed by atoms with van der Waals surface area (Å²) in [6.07, 6.45) is 3.86. The molecular weight excluding hydrogens is 300 g/mol. The quantitative estimate of drug-likeness (QED) is 0.879. The first-order chi connectivity index (χ1) is 11.0.